The van der Waals surface area contributed by atoms with Gasteiger partial charge in [-0.3, -0.25) is 4.79 Å². The van der Waals surface area contributed by atoms with Crippen molar-refractivity contribution in [1.82, 2.24) is 15.3 Å². The van der Waals surface area contributed by atoms with Crippen LogP contribution in [-0.2, 0) is 6.42 Å². The van der Waals surface area contributed by atoms with Crippen LogP contribution in [-0.4, -0.2) is 23.1 Å². The van der Waals surface area contributed by atoms with E-state index in [9.17, 15) is 4.79 Å². The third-order valence-corrected chi connectivity index (χ3v) is 3.98. The Balaban J connectivity index is 1.78. The third kappa shape index (κ3) is 2.41. The highest BCUT2D eigenvalue weighted by Gasteiger charge is 2.22. The number of rotatable bonds is 3. The van der Waals surface area contributed by atoms with Crippen LogP contribution in [0.25, 0.3) is 0 Å². The van der Waals surface area contributed by atoms with Gasteiger partial charge < -0.3 is 10.3 Å². The average Bonchev–Trinajstić information content (AvgIpc) is 2.66. The molecule has 3 rings (SSSR count). The number of H-pyrrole nitrogens is 1. The first-order valence-electron chi connectivity index (χ1n) is 6.62. The molecule has 1 unspecified atom stereocenters. The lowest BCUT2D eigenvalue weighted by atomic mass is 9.83. The monoisotopic (exact) mass is 233 g/mol. The minimum Gasteiger partial charge on any atom is -0.316 e. The Morgan fingerprint density at radius 2 is 2.24 bits per heavy atom. The molecule has 17 heavy (non-hydrogen) atoms. The van der Waals surface area contributed by atoms with Crippen LogP contribution in [0.2, 0.25) is 0 Å². The van der Waals surface area contributed by atoms with E-state index in [4.69, 9.17) is 0 Å². The maximum atomic E-state index is 11.6. The molecule has 2 heterocycles. The SMILES string of the molecule is O=c1cc(C2CCC2)nc(CC2CCNC2)[nH]1. The van der Waals surface area contributed by atoms with Crippen molar-refractivity contribution in [3.8, 4) is 0 Å². The summed E-state index contributed by atoms with van der Waals surface area (Å²) >= 11 is 0. The molecule has 92 valence electrons. The first kappa shape index (κ1) is 11.0. The van der Waals surface area contributed by atoms with Crippen molar-refractivity contribution in [3.05, 3.63) is 27.9 Å². The first-order valence-corrected chi connectivity index (χ1v) is 6.62. The molecule has 1 saturated carbocycles. The Morgan fingerprint density at radius 3 is 2.88 bits per heavy atom. The molecular weight excluding hydrogens is 214 g/mol. The predicted molar refractivity (Wildman–Crippen MR) is 66.1 cm³/mol. The summed E-state index contributed by atoms with van der Waals surface area (Å²) in [6.07, 6.45) is 5.77. The number of aromatic nitrogens is 2. The zero-order valence-corrected chi connectivity index (χ0v) is 10.0. The van der Waals surface area contributed by atoms with Gasteiger partial charge in [-0.05, 0) is 38.3 Å². The third-order valence-electron chi connectivity index (χ3n) is 3.98. The van der Waals surface area contributed by atoms with Gasteiger partial charge in [0.05, 0.1) is 5.69 Å². The summed E-state index contributed by atoms with van der Waals surface area (Å²) < 4.78 is 0. The van der Waals surface area contributed by atoms with Crippen LogP contribution in [0.5, 0.6) is 0 Å². The molecule has 2 N–H and O–H groups in total. The Morgan fingerprint density at radius 1 is 1.35 bits per heavy atom. The van der Waals surface area contributed by atoms with E-state index in [1.165, 1.54) is 25.7 Å². The highest BCUT2D eigenvalue weighted by atomic mass is 16.1. The molecule has 4 nitrogen and oxygen atoms in total. The van der Waals surface area contributed by atoms with E-state index in [0.29, 0.717) is 11.8 Å². The molecule has 1 aliphatic carbocycles. The fourth-order valence-electron chi connectivity index (χ4n) is 2.70. The molecule has 0 aromatic carbocycles. The summed E-state index contributed by atoms with van der Waals surface area (Å²) in [6, 6.07) is 1.68. The topological polar surface area (TPSA) is 57.8 Å². The van der Waals surface area contributed by atoms with E-state index in [-0.39, 0.29) is 5.56 Å². The van der Waals surface area contributed by atoms with Crippen molar-refractivity contribution in [1.29, 1.82) is 0 Å². The van der Waals surface area contributed by atoms with Crippen molar-refractivity contribution in [3.63, 3.8) is 0 Å². The van der Waals surface area contributed by atoms with Crippen LogP contribution in [0.1, 0.15) is 43.1 Å². The fourth-order valence-corrected chi connectivity index (χ4v) is 2.70. The predicted octanol–water partition coefficient (Wildman–Crippen LogP) is 1.19. The minimum atomic E-state index is 0.0165. The van der Waals surface area contributed by atoms with Gasteiger partial charge in [-0.15, -0.1) is 0 Å². The molecule has 1 aromatic heterocycles. The summed E-state index contributed by atoms with van der Waals surface area (Å²) in [6.45, 7) is 2.15. The molecule has 1 aromatic rings. The van der Waals surface area contributed by atoms with Crippen LogP contribution in [0.15, 0.2) is 10.9 Å². The van der Waals surface area contributed by atoms with Crippen molar-refractivity contribution in [2.75, 3.05) is 13.1 Å². The van der Waals surface area contributed by atoms with E-state index >= 15 is 0 Å². The summed E-state index contributed by atoms with van der Waals surface area (Å²) in [7, 11) is 0. The zero-order valence-electron chi connectivity index (χ0n) is 10.0. The number of nitrogens with one attached hydrogen (secondary N) is 2. The largest absolute Gasteiger partial charge is 0.316 e. The summed E-state index contributed by atoms with van der Waals surface area (Å²) in [5, 5.41) is 3.35. The normalized spacial score (nSPS) is 24.8. The highest BCUT2D eigenvalue weighted by molar-refractivity contribution is 5.11. The van der Waals surface area contributed by atoms with Gasteiger partial charge in [0.15, 0.2) is 0 Å². The molecule has 1 aliphatic heterocycles. The second kappa shape index (κ2) is 4.61. The molecule has 0 radical (unpaired) electrons. The minimum absolute atomic E-state index is 0.0165. The molecule has 0 amide bonds. The molecule has 0 bridgehead atoms. The number of hydrogen-bond donors (Lipinski definition) is 2. The van der Waals surface area contributed by atoms with Gasteiger partial charge in [-0.2, -0.15) is 0 Å². The molecular formula is C13H19N3O. The standard InChI is InChI=1S/C13H19N3O/c17-13-7-11(10-2-1-3-10)15-12(16-13)6-9-4-5-14-8-9/h7,9-10,14H,1-6,8H2,(H,15,16,17). The van der Waals surface area contributed by atoms with E-state index in [0.717, 1.165) is 31.0 Å². The molecule has 1 atom stereocenters. The Kier molecular flexibility index (Phi) is 2.97. The van der Waals surface area contributed by atoms with Crippen LogP contribution < -0.4 is 10.9 Å². The lowest BCUT2D eigenvalue weighted by Crippen LogP contribution is -2.20. The first-order chi connectivity index (χ1) is 8.31. The van der Waals surface area contributed by atoms with E-state index in [1.807, 2.05) is 0 Å². The Bertz CT molecular complexity index is 444. The second-order valence-electron chi connectivity index (χ2n) is 5.31. The van der Waals surface area contributed by atoms with Crippen LogP contribution in [0.3, 0.4) is 0 Å². The van der Waals surface area contributed by atoms with Crippen LogP contribution in [0, 0.1) is 5.92 Å². The van der Waals surface area contributed by atoms with E-state index < -0.39 is 0 Å². The quantitative estimate of drug-likeness (QED) is 0.824. The van der Waals surface area contributed by atoms with Crippen LogP contribution in [0.4, 0.5) is 0 Å². The Hall–Kier alpha value is -1.16. The van der Waals surface area contributed by atoms with Gasteiger partial charge in [-0.1, -0.05) is 6.42 Å². The summed E-state index contributed by atoms with van der Waals surface area (Å²) in [4.78, 5) is 19.1. The van der Waals surface area contributed by atoms with Crippen molar-refractivity contribution in [2.45, 2.75) is 38.0 Å². The fraction of sp³-hybridized carbons (Fsp3) is 0.692. The molecule has 0 spiro atoms. The van der Waals surface area contributed by atoms with Crippen molar-refractivity contribution in [2.24, 2.45) is 5.92 Å². The van der Waals surface area contributed by atoms with E-state index in [2.05, 4.69) is 15.3 Å². The smallest absolute Gasteiger partial charge is 0.251 e. The maximum absolute atomic E-state index is 11.6. The van der Waals surface area contributed by atoms with Crippen LogP contribution >= 0.6 is 0 Å². The zero-order chi connectivity index (χ0) is 11.7. The number of nitrogens with zero attached hydrogens (tertiary/aromatic N) is 1. The second-order valence-corrected chi connectivity index (χ2v) is 5.31. The van der Waals surface area contributed by atoms with Gasteiger partial charge in [0.1, 0.15) is 5.82 Å². The number of hydrogen-bond acceptors (Lipinski definition) is 3. The van der Waals surface area contributed by atoms with Gasteiger partial charge >= 0.3 is 0 Å². The lowest BCUT2D eigenvalue weighted by Gasteiger charge is -2.24. The van der Waals surface area contributed by atoms with Crippen molar-refractivity contribution < 1.29 is 0 Å². The number of aromatic amines is 1. The Labute approximate surface area is 101 Å². The molecule has 2 aliphatic rings. The maximum Gasteiger partial charge on any atom is 0.251 e. The van der Waals surface area contributed by atoms with Gasteiger partial charge in [0.2, 0.25) is 0 Å². The van der Waals surface area contributed by atoms with Gasteiger partial charge in [0.25, 0.3) is 5.56 Å². The van der Waals surface area contributed by atoms with Gasteiger partial charge in [-0.25, -0.2) is 4.98 Å². The molecule has 4 heteroatoms. The van der Waals surface area contributed by atoms with E-state index in [1.54, 1.807) is 6.07 Å². The summed E-state index contributed by atoms with van der Waals surface area (Å²) in [5.74, 6) is 2.06. The van der Waals surface area contributed by atoms with Gasteiger partial charge in [0, 0.05) is 18.4 Å². The molecule has 2 fully saturated rings. The highest BCUT2D eigenvalue weighted by Crippen LogP contribution is 2.34. The van der Waals surface area contributed by atoms with Crippen molar-refractivity contribution >= 4 is 0 Å². The summed E-state index contributed by atoms with van der Waals surface area (Å²) in [5.41, 5.74) is 1.03. The average molecular weight is 233 g/mol. The molecule has 1 saturated heterocycles. The lowest BCUT2D eigenvalue weighted by molar-refractivity contribution is 0.408.